The summed E-state index contributed by atoms with van der Waals surface area (Å²) < 4.78 is 0. The molecule has 1 rings (SSSR count). The molecule has 1 nitrogen and oxygen atoms in total. The van der Waals surface area contributed by atoms with Crippen molar-refractivity contribution in [3.05, 3.63) is 13.3 Å². The summed E-state index contributed by atoms with van der Waals surface area (Å²) in [5, 5.41) is 3.06. The first-order valence-corrected chi connectivity index (χ1v) is 2.23. The summed E-state index contributed by atoms with van der Waals surface area (Å²) in [6, 6.07) is 0. The molecule has 1 aliphatic heterocycles. The summed E-state index contributed by atoms with van der Waals surface area (Å²) in [7, 11) is 0. The molecule has 1 heterocycles. The van der Waals surface area contributed by atoms with E-state index < -0.39 is 0 Å². The summed E-state index contributed by atoms with van der Waals surface area (Å²) in [6.45, 7) is 7.25. The topological polar surface area (TPSA) is 12.0 Å². The van der Waals surface area contributed by atoms with Crippen LogP contribution in [-0.2, 0) is 18.6 Å². The van der Waals surface area contributed by atoms with E-state index in [0.29, 0.717) is 0 Å². The maximum atomic E-state index is 3.25. The van der Waals surface area contributed by atoms with Gasteiger partial charge in [0.25, 0.3) is 0 Å². The molecule has 3 heteroatoms. The van der Waals surface area contributed by atoms with Crippen LogP contribution >= 0.6 is 0 Å². The minimum atomic E-state index is 0. The van der Waals surface area contributed by atoms with Gasteiger partial charge in [-0.3, -0.25) is 0 Å². The molecule has 0 aromatic carbocycles. The van der Waals surface area contributed by atoms with Gasteiger partial charge in [0.1, 0.15) is 0 Å². The van der Waals surface area contributed by atoms with Crippen LogP contribution in [-0.4, -0.2) is 13.1 Å². The molecule has 0 saturated carbocycles. The Hall–Kier alpha value is 1.60. The number of hydrogen-bond donors (Lipinski definition) is 1. The van der Waals surface area contributed by atoms with Gasteiger partial charge in [-0.1, -0.05) is 0 Å². The fourth-order valence-corrected chi connectivity index (χ4v) is 0.144. The van der Waals surface area contributed by atoms with E-state index in [0.717, 1.165) is 13.1 Å². The molecule has 1 aliphatic rings. The third-order valence-electron chi connectivity index (χ3n) is 0.577. The van der Waals surface area contributed by atoms with Crippen molar-refractivity contribution < 1.29 is 49.7 Å². The van der Waals surface area contributed by atoms with Crippen molar-refractivity contribution in [1.29, 1.82) is 0 Å². The maximum absolute atomic E-state index is 3.25. The van der Waals surface area contributed by atoms with Gasteiger partial charge in [0.15, 0.2) is 0 Å². The Bertz CT molecular complexity index is 20.4. The number of hydrogen-bond acceptors (Lipinski definition) is 1. The molecule has 1 saturated heterocycles. The summed E-state index contributed by atoms with van der Waals surface area (Å²) in [6.07, 6.45) is 2.19. The summed E-state index contributed by atoms with van der Waals surface area (Å²) in [5.41, 5.74) is 0. The number of nitrogens with one attached hydrogen (secondary N) is 1. The number of rotatable bonds is 0. The van der Waals surface area contributed by atoms with E-state index >= 15 is 0 Å². The van der Waals surface area contributed by atoms with Crippen molar-refractivity contribution in [2.75, 3.05) is 13.1 Å². The van der Waals surface area contributed by atoms with Crippen LogP contribution in [0.15, 0.2) is 0 Å². The van der Waals surface area contributed by atoms with Crippen LogP contribution in [0.5, 0.6) is 0 Å². The first-order chi connectivity index (χ1) is 3.00. The molecule has 0 amide bonds. The summed E-state index contributed by atoms with van der Waals surface area (Å²) >= 11 is 0. The van der Waals surface area contributed by atoms with E-state index in [-0.39, 0.29) is 49.7 Å². The average molecular weight is 374 g/mol. The van der Waals surface area contributed by atoms with Gasteiger partial charge in [-0.2, -0.15) is 6.92 Å². The first kappa shape index (κ1) is 16.3. The standard InChI is InChI=1S/C3H6N.C2H5.U.V/c1-2-4-3-1;1-2;;/h1,4H,2-3H2;1H2,2H3;;/q2*-1;;. The molecular formula is C5H11NUV-2. The normalized spacial score (nSPS) is 12.8. The molecule has 8 heavy (non-hydrogen) atoms. The average Bonchev–Trinajstić information content (AvgIpc) is 1.36. The van der Waals surface area contributed by atoms with Crippen molar-refractivity contribution in [3.63, 3.8) is 0 Å². The van der Waals surface area contributed by atoms with Gasteiger partial charge >= 0.3 is 0 Å². The smallest absolute Gasteiger partial charge is 0 e. The van der Waals surface area contributed by atoms with Crippen LogP contribution in [0.1, 0.15) is 6.92 Å². The molecule has 0 aromatic heterocycles. The summed E-state index contributed by atoms with van der Waals surface area (Å²) in [5.74, 6) is 0. The van der Waals surface area contributed by atoms with Gasteiger partial charge in [0.05, 0.1) is 0 Å². The van der Waals surface area contributed by atoms with Crippen LogP contribution < -0.4 is 5.32 Å². The Morgan fingerprint density at radius 2 is 1.50 bits per heavy atom. The van der Waals surface area contributed by atoms with Crippen LogP contribution in [0.3, 0.4) is 0 Å². The second-order valence-corrected chi connectivity index (χ2v) is 0.947. The van der Waals surface area contributed by atoms with Crippen molar-refractivity contribution in [2.45, 2.75) is 6.92 Å². The van der Waals surface area contributed by atoms with Crippen LogP contribution in [0.25, 0.3) is 0 Å². The maximum Gasteiger partial charge on any atom is 0 e. The Morgan fingerprint density at radius 3 is 1.50 bits per heavy atom. The molecule has 0 bridgehead atoms. The fourth-order valence-electron chi connectivity index (χ4n) is 0.144. The molecule has 0 aliphatic carbocycles. The largest absolute Gasteiger partial charge is 0.376 e. The second-order valence-electron chi connectivity index (χ2n) is 0.947. The van der Waals surface area contributed by atoms with Crippen molar-refractivity contribution >= 4 is 0 Å². The zero-order valence-corrected chi connectivity index (χ0v) is 10.7. The molecule has 0 spiro atoms. The van der Waals surface area contributed by atoms with Gasteiger partial charge in [-0.25, -0.2) is 0 Å². The molecular weight excluding hydrogens is 363 g/mol. The minimum absolute atomic E-state index is 0. The van der Waals surface area contributed by atoms with Crippen LogP contribution in [0.2, 0.25) is 0 Å². The quantitative estimate of drug-likeness (QED) is 0.614. The minimum Gasteiger partial charge on any atom is -0.376 e. The van der Waals surface area contributed by atoms with Gasteiger partial charge < -0.3 is 18.7 Å². The van der Waals surface area contributed by atoms with E-state index in [1.807, 2.05) is 0 Å². The van der Waals surface area contributed by atoms with Gasteiger partial charge in [0.2, 0.25) is 0 Å². The SMILES string of the molecule is [CH-]1CNC1.[CH2-]C.[U].[V]. The van der Waals surface area contributed by atoms with Crippen molar-refractivity contribution in [2.24, 2.45) is 0 Å². The van der Waals surface area contributed by atoms with Gasteiger partial charge in [-0.05, 0) is 0 Å². The monoisotopic (exact) mass is 374 g/mol. The van der Waals surface area contributed by atoms with E-state index in [1.165, 1.54) is 0 Å². The molecule has 1 N–H and O–H groups in total. The second kappa shape index (κ2) is 15.8. The van der Waals surface area contributed by atoms with Gasteiger partial charge in [0, 0.05) is 49.7 Å². The molecule has 0 unspecified atom stereocenters. The predicted molar refractivity (Wildman–Crippen MR) is 28.2 cm³/mol. The third kappa shape index (κ3) is 10.6. The van der Waals surface area contributed by atoms with E-state index in [4.69, 9.17) is 0 Å². The Labute approximate surface area is 87.6 Å². The van der Waals surface area contributed by atoms with E-state index in [9.17, 15) is 0 Å². The fraction of sp³-hybridized carbons (Fsp3) is 0.600. The molecule has 0 aromatic rings. The Balaban J connectivity index is -0.0000000583. The molecule has 1 radical (unpaired) electrons. The van der Waals surface area contributed by atoms with Crippen molar-refractivity contribution in [3.8, 4) is 0 Å². The zero-order valence-electron chi connectivity index (χ0n) is 5.15. The molecule has 1 fully saturated rings. The first-order valence-electron chi connectivity index (χ1n) is 2.23. The van der Waals surface area contributed by atoms with Gasteiger partial charge in [-0.15, -0.1) is 13.1 Å². The van der Waals surface area contributed by atoms with E-state index in [1.54, 1.807) is 6.92 Å². The third-order valence-corrected chi connectivity index (χ3v) is 0.577. The Kier molecular flexibility index (Phi) is 32.3. The molecule has 0 atom stereocenters. The summed E-state index contributed by atoms with van der Waals surface area (Å²) in [4.78, 5) is 0. The Morgan fingerprint density at radius 1 is 1.38 bits per heavy atom. The van der Waals surface area contributed by atoms with E-state index in [2.05, 4.69) is 18.7 Å². The van der Waals surface area contributed by atoms with Crippen LogP contribution in [0, 0.1) is 44.5 Å². The zero-order chi connectivity index (χ0) is 4.83. The predicted octanol–water partition coefficient (Wildman–Crippen LogP) is 0.632. The molecule has 47 valence electrons. The van der Waals surface area contributed by atoms with Crippen LogP contribution in [0.4, 0.5) is 0 Å². The van der Waals surface area contributed by atoms with Crippen molar-refractivity contribution in [1.82, 2.24) is 5.32 Å².